The topological polar surface area (TPSA) is 47.0 Å². The monoisotopic (exact) mass is 233 g/mol. The largest absolute Gasteiger partial charge is 0.299 e. The van der Waals surface area contributed by atoms with Crippen molar-refractivity contribution in [1.29, 1.82) is 0 Å². The van der Waals surface area contributed by atoms with E-state index in [2.05, 4.69) is 4.98 Å². The van der Waals surface area contributed by atoms with E-state index >= 15 is 0 Å². The zero-order valence-corrected chi connectivity index (χ0v) is 9.87. The molecule has 17 heavy (non-hydrogen) atoms. The molecule has 0 saturated heterocycles. The van der Waals surface area contributed by atoms with Crippen molar-refractivity contribution in [1.82, 2.24) is 4.98 Å². The number of nitrogens with zero attached hydrogens (tertiary/aromatic N) is 1. The smallest absolute Gasteiger partial charge is 0.145 e. The fraction of sp³-hybridized carbons (Fsp3) is 0.417. The van der Waals surface area contributed by atoms with Crippen LogP contribution >= 0.6 is 0 Å². The van der Waals surface area contributed by atoms with Gasteiger partial charge in [-0.2, -0.15) is 0 Å². The average Bonchev–Trinajstić information content (AvgIpc) is 2.29. The Balaban J connectivity index is 2.98. The second-order valence-electron chi connectivity index (χ2n) is 3.86. The number of halogens is 1. The van der Waals surface area contributed by atoms with Gasteiger partial charge in [-0.15, -0.1) is 0 Å². The van der Waals surface area contributed by atoms with Crippen LogP contribution in [0.25, 0.3) is 0 Å². The highest BCUT2D eigenvalue weighted by molar-refractivity contribution is 6.30. The van der Waals surface area contributed by atoms with E-state index in [0.29, 0.717) is 0 Å². The lowest BCUT2D eigenvalue weighted by Crippen LogP contribution is -2.25. The van der Waals surface area contributed by atoms with Crippen molar-refractivity contribution in [3.05, 3.63) is 23.6 Å². The molecule has 0 bridgehead atoms. The molecule has 0 aliphatic rings. The lowest BCUT2D eigenvalue weighted by atomic mass is 9.89. The number of hydrogen-bond acceptors (Lipinski definition) is 3. The molecule has 1 aromatic rings. The van der Waals surface area contributed by atoms with Crippen LogP contribution in [0.4, 0.5) is 4.39 Å². The van der Waals surface area contributed by atoms with Crippen LogP contribution in [0.2, 0.25) is 0 Å². The van der Waals surface area contributed by atoms with Gasteiger partial charge < -0.3 is 0 Å². The number of rotatable bonds is 5. The van der Waals surface area contributed by atoms with E-state index in [1.807, 2.05) is 0 Å². The van der Waals surface area contributed by atoms with E-state index in [-0.39, 0.29) is 35.6 Å². The van der Waals surface area contributed by atoms with Crippen LogP contribution < -0.4 is 5.59 Å². The van der Waals surface area contributed by atoms with E-state index in [1.54, 1.807) is 6.92 Å². The molecule has 0 fully saturated rings. The molecule has 88 valence electrons. The third kappa shape index (κ3) is 3.22. The van der Waals surface area contributed by atoms with Crippen molar-refractivity contribution in [3.8, 4) is 0 Å². The van der Waals surface area contributed by atoms with Crippen LogP contribution in [-0.4, -0.2) is 24.4 Å². The zero-order chi connectivity index (χ0) is 13.0. The summed E-state index contributed by atoms with van der Waals surface area (Å²) in [6.45, 7) is 3.01. The minimum atomic E-state index is -0.795. The molecule has 0 amide bonds. The van der Waals surface area contributed by atoms with E-state index < -0.39 is 11.7 Å². The Hall–Kier alpha value is -1.52. The summed E-state index contributed by atoms with van der Waals surface area (Å²) in [5.41, 5.74) is 0.0354. The molecule has 2 radical (unpaired) electrons. The SMILES string of the molecule is [B]c1nccc(CC(C(C)=O)C(=O)CC)c1F. The normalized spacial score (nSPS) is 12.2. The van der Waals surface area contributed by atoms with Gasteiger partial charge >= 0.3 is 0 Å². The van der Waals surface area contributed by atoms with Crippen molar-refractivity contribution in [2.45, 2.75) is 26.7 Å². The van der Waals surface area contributed by atoms with Crippen molar-refractivity contribution < 1.29 is 14.0 Å². The van der Waals surface area contributed by atoms with Gasteiger partial charge in [0, 0.05) is 18.2 Å². The number of carbonyl (C=O) groups is 2. The Bertz CT molecular complexity index is 448. The summed E-state index contributed by atoms with van der Waals surface area (Å²) in [5, 5.41) is 0. The average molecular weight is 233 g/mol. The van der Waals surface area contributed by atoms with E-state index in [0.717, 1.165) is 0 Å². The summed E-state index contributed by atoms with van der Waals surface area (Å²) in [5.74, 6) is -1.89. The summed E-state index contributed by atoms with van der Waals surface area (Å²) in [6.07, 6.45) is 1.66. The highest BCUT2D eigenvalue weighted by Crippen LogP contribution is 2.14. The second-order valence-corrected chi connectivity index (χ2v) is 3.86. The van der Waals surface area contributed by atoms with Crippen LogP contribution in [0.1, 0.15) is 25.8 Å². The van der Waals surface area contributed by atoms with Crippen LogP contribution in [0.5, 0.6) is 0 Å². The van der Waals surface area contributed by atoms with Gasteiger partial charge in [0.1, 0.15) is 25.2 Å². The first-order valence-corrected chi connectivity index (χ1v) is 5.39. The quantitative estimate of drug-likeness (QED) is 0.556. The molecule has 0 saturated carbocycles. The fourth-order valence-corrected chi connectivity index (χ4v) is 1.61. The Morgan fingerprint density at radius 3 is 2.71 bits per heavy atom. The lowest BCUT2D eigenvalue weighted by molar-refractivity contribution is -0.131. The summed E-state index contributed by atoms with van der Waals surface area (Å²) in [7, 11) is 5.33. The van der Waals surface area contributed by atoms with Crippen molar-refractivity contribution >= 4 is 25.0 Å². The molecule has 0 aromatic carbocycles. The highest BCUT2D eigenvalue weighted by atomic mass is 19.1. The number of pyridine rings is 1. The third-order valence-corrected chi connectivity index (χ3v) is 2.65. The Labute approximate surface area is 101 Å². The van der Waals surface area contributed by atoms with Crippen molar-refractivity contribution in [2.24, 2.45) is 5.92 Å². The minimum absolute atomic E-state index is 0.0422. The van der Waals surface area contributed by atoms with Gasteiger partial charge in [0.05, 0.1) is 5.92 Å². The van der Waals surface area contributed by atoms with Gasteiger partial charge in [-0.3, -0.25) is 14.6 Å². The van der Waals surface area contributed by atoms with Gasteiger partial charge in [0.25, 0.3) is 0 Å². The minimum Gasteiger partial charge on any atom is -0.299 e. The molecule has 0 N–H and O–H groups in total. The first kappa shape index (κ1) is 13.5. The van der Waals surface area contributed by atoms with Crippen molar-refractivity contribution in [2.75, 3.05) is 0 Å². The van der Waals surface area contributed by atoms with Crippen LogP contribution in [0, 0.1) is 11.7 Å². The third-order valence-electron chi connectivity index (χ3n) is 2.65. The molecule has 3 nitrogen and oxygen atoms in total. The first-order valence-electron chi connectivity index (χ1n) is 5.39. The van der Waals surface area contributed by atoms with Crippen LogP contribution in [0.3, 0.4) is 0 Å². The molecule has 1 heterocycles. The molecule has 1 rings (SSSR count). The van der Waals surface area contributed by atoms with Gasteiger partial charge in [0.2, 0.25) is 0 Å². The fourth-order valence-electron chi connectivity index (χ4n) is 1.61. The number of Topliss-reactive ketones (excluding diaryl/α,β-unsaturated/α-hetero) is 2. The van der Waals surface area contributed by atoms with Crippen molar-refractivity contribution in [3.63, 3.8) is 0 Å². The molecule has 1 unspecified atom stereocenters. The molecular weight excluding hydrogens is 220 g/mol. The predicted molar refractivity (Wildman–Crippen MR) is 62.8 cm³/mol. The molecule has 0 aliphatic heterocycles. The van der Waals surface area contributed by atoms with E-state index in [1.165, 1.54) is 19.2 Å². The van der Waals surface area contributed by atoms with Gasteiger partial charge in [0.15, 0.2) is 0 Å². The maximum atomic E-state index is 13.6. The summed E-state index contributed by atoms with van der Waals surface area (Å²) in [6, 6.07) is 1.44. The molecule has 0 aliphatic carbocycles. The molecule has 5 heteroatoms. The van der Waals surface area contributed by atoms with E-state index in [9.17, 15) is 14.0 Å². The zero-order valence-electron chi connectivity index (χ0n) is 9.87. The first-order chi connectivity index (χ1) is 7.97. The second kappa shape index (κ2) is 5.71. The highest BCUT2D eigenvalue weighted by Gasteiger charge is 2.23. The lowest BCUT2D eigenvalue weighted by Gasteiger charge is -2.12. The standard InChI is InChI=1S/C12H13BFNO2/c1-3-10(17)9(7(2)16)6-8-4-5-15-12(13)11(8)14/h4-5,9H,3,6H2,1-2H3. The number of aromatic nitrogens is 1. The molecule has 0 spiro atoms. The van der Waals surface area contributed by atoms with Gasteiger partial charge in [-0.05, 0) is 25.0 Å². The predicted octanol–water partition coefficient (Wildman–Crippen LogP) is 0.741. The molecule has 1 aromatic heterocycles. The van der Waals surface area contributed by atoms with E-state index in [4.69, 9.17) is 7.85 Å². The number of ketones is 2. The Kier molecular flexibility index (Phi) is 4.55. The Morgan fingerprint density at radius 1 is 1.53 bits per heavy atom. The Morgan fingerprint density at radius 2 is 2.18 bits per heavy atom. The maximum Gasteiger partial charge on any atom is 0.145 e. The summed E-state index contributed by atoms with van der Waals surface area (Å²) < 4.78 is 13.6. The summed E-state index contributed by atoms with van der Waals surface area (Å²) in [4.78, 5) is 26.5. The molecule has 1 atom stereocenters. The molecular formula is C12H13BFNO2. The van der Waals surface area contributed by atoms with Gasteiger partial charge in [-0.25, -0.2) is 4.39 Å². The number of carbonyl (C=O) groups excluding carboxylic acids is 2. The van der Waals surface area contributed by atoms with Gasteiger partial charge in [-0.1, -0.05) is 6.92 Å². The summed E-state index contributed by atoms with van der Waals surface area (Å²) >= 11 is 0. The van der Waals surface area contributed by atoms with Crippen LogP contribution in [0.15, 0.2) is 12.3 Å². The maximum absolute atomic E-state index is 13.6. The number of hydrogen-bond donors (Lipinski definition) is 0. The van der Waals surface area contributed by atoms with Crippen LogP contribution in [-0.2, 0) is 16.0 Å².